The molecule has 0 saturated heterocycles. The Labute approximate surface area is 104 Å². The van der Waals surface area contributed by atoms with E-state index in [4.69, 9.17) is 0 Å². The van der Waals surface area contributed by atoms with Crippen LogP contribution in [-0.4, -0.2) is 35.1 Å². The lowest BCUT2D eigenvalue weighted by Crippen LogP contribution is -2.26. The smallest absolute Gasteiger partial charge is 0.264 e. The number of nitrogens with one attached hydrogen (secondary N) is 2. The van der Waals surface area contributed by atoms with Gasteiger partial charge in [0.15, 0.2) is 0 Å². The molecule has 0 fully saturated rings. The van der Waals surface area contributed by atoms with Crippen molar-refractivity contribution < 1.29 is 4.79 Å². The summed E-state index contributed by atoms with van der Waals surface area (Å²) >= 11 is 1.15. The Hall–Kier alpha value is -1.27. The number of hydrogen-bond acceptors (Lipinski definition) is 5. The van der Waals surface area contributed by atoms with Crippen LogP contribution in [0.4, 0.5) is 0 Å². The molecule has 92 valence electrons. The third-order valence-electron chi connectivity index (χ3n) is 2.75. The topological polar surface area (TPSA) is 66.9 Å². The van der Waals surface area contributed by atoms with E-state index >= 15 is 0 Å². The van der Waals surface area contributed by atoms with Gasteiger partial charge in [-0.05, 0) is 37.8 Å². The molecule has 0 atom stereocenters. The molecule has 0 radical (unpaired) electrons. The Balaban J connectivity index is 1.77. The molecular formula is C11H16N4OS. The number of aromatic nitrogens is 2. The molecule has 1 aliphatic rings. The molecule has 0 bridgehead atoms. The van der Waals surface area contributed by atoms with Crippen molar-refractivity contribution in [2.45, 2.75) is 19.8 Å². The van der Waals surface area contributed by atoms with Crippen LogP contribution in [-0.2, 0) is 0 Å². The van der Waals surface area contributed by atoms with Crippen LogP contribution in [0.1, 0.15) is 28.2 Å². The van der Waals surface area contributed by atoms with Gasteiger partial charge in [-0.2, -0.15) is 0 Å². The predicted molar refractivity (Wildman–Crippen MR) is 67.2 cm³/mol. The van der Waals surface area contributed by atoms with Crippen molar-refractivity contribution in [1.29, 1.82) is 0 Å². The van der Waals surface area contributed by atoms with Crippen molar-refractivity contribution in [1.82, 2.24) is 20.2 Å². The fourth-order valence-corrected chi connectivity index (χ4v) is 2.33. The Morgan fingerprint density at radius 3 is 3.18 bits per heavy atom. The van der Waals surface area contributed by atoms with E-state index in [1.54, 1.807) is 6.92 Å². The highest BCUT2D eigenvalue weighted by molar-refractivity contribution is 7.07. The summed E-state index contributed by atoms with van der Waals surface area (Å²) < 4.78 is 3.75. The zero-order chi connectivity index (χ0) is 12.1. The first-order valence-electron chi connectivity index (χ1n) is 5.73. The van der Waals surface area contributed by atoms with Gasteiger partial charge in [0.1, 0.15) is 4.88 Å². The van der Waals surface area contributed by atoms with Crippen molar-refractivity contribution in [2.75, 3.05) is 19.6 Å². The van der Waals surface area contributed by atoms with Gasteiger partial charge in [-0.25, -0.2) is 0 Å². The van der Waals surface area contributed by atoms with E-state index in [-0.39, 0.29) is 5.91 Å². The first-order chi connectivity index (χ1) is 8.27. The van der Waals surface area contributed by atoms with E-state index in [0.717, 1.165) is 37.5 Å². The van der Waals surface area contributed by atoms with E-state index in [0.29, 0.717) is 17.1 Å². The highest BCUT2D eigenvalue weighted by Crippen LogP contribution is 2.10. The normalized spacial score (nSPS) is 15.5. The van der Waals surface area contributed by atoms with E-state index < -0.39 is 0 Å². The standard InChI is InChI=1S/C11H16N4OS/c1-8-10(17-15-14-8)11(16)13-7-4-9-2-5-12-6-3-9/h2,12H,3-7H2,1H3,(H,13,16). The minimum absolute atomic E-state index is 0.0629. The molecule has 2 N–H and O–H groups in total. The van der Waals surface area contributed by atoms with Crippen molar-refractivity contribution in [3.63, 3.8) is 0 Å². The van der Waals surface area contributed by atoms with Crippen LogP contribution in [0, 0.1) is 6.92 Å². The van der Waals surface area contributed by atoms with E-state index in [9.17, 15) is 4.79 Å². The first kappa shape index (κ1) is 12.2. The van der Waals surface area contributed by atoms with Gasteiger partial charge in [-0.15, -0.1) is 5.10 Å². The van der Waals surface area contributed by atoms with Gasteiger partial charge >= 0.3 is 0 Å². The first-order valence-corrected chi connectivity index (χ1v) is 6.50. The number of carbonyl (C=O) groups excluding carboxylic acids is 1. The minimum Gasteiger partial charge on any atom is -0.351 e. The van der Waals surface area contributed by atoms with Crippen molar-refractivity contribution >= 4 is 17.4 Å². The molecule has 0 spiro atoms. The summed E-state index contributed by atoms with van der Waals surface area (Å²) in [5.74, 6) is -0.0629. The van der Waals surface area contributed by atoms with Gasteiger partial charge in [0, 0.05) is 13.1 Å². The van der Waals surface area contributed by atoms with Gasteiger partial charge in [-0.3, -0.25) is 4.79 Å². The lowest BCUT2D eigenvalue weighted by molar-refractivity contribution is 0.0957. The Bertz CT molecular complexity index is 427. The number of nitrogens with zero attached hydrogens (tertiary/aromatic N) is 2. The molecule has 17 heavy (non-hydrogen) atoms. The largest absolute Gasteiger partial charge is 0.351 e. The fraction of sp³-hybridized carbons (Fsp3) is 0.545. The molecule has 1 aliphatic heterocycles. The highest BCUT2D eigenvalue weighted by Gasteiger charge is 2.12. The third kappa shape index (κ3) is 3.34. The van der Waals surface area contributed by atoms with E-state index in [1.165, 1.54) is 5.57 Å². The van der Waals surface area contributed by atoms with Crippen LogP contribution in [0.2, 0.25) is 0 Å². The average Bonchev–Trinajstić information content (AvgIpc) is 2.77. The number of aryl methyl sites for hydroxylation is 1. The monoisotopic (exact) mass is 252 g/mol. The summed E-state index contributed by atoms with van der Waals surface area (Å²) in [6, 6.07) is 0. The maximum absolute atomic E-state index is 11.8. The molecule has 2 heterocycles. The lowest BCUT2D eigenvalue weighted by Gasteiger charge is -2.13. The van der Waals surface area contributed by atoms with Gasteiger partial charge in [0.25, 0.3) is 5.91 Å². The van der Waals surface area contributed by atoms with E-state index in [2.05, 4.69) is 26.3 Å². The van der Waals surface area contributed by atoms with Gasteiger partial charge in [0.2, 0.25) is 0 Å². The van der Waals surface area contributed by atoms with Gasteiger partial charge in [0.05, 0.1) is 5.69 Å². The summed E-state index contributed by atoms with van der Waals surface area (Å²) in [6.07, 6.45) is 4.21. The molecule has 1 aromatic rings. The molecule has 1 aromatic heterocycles. The van der Waals surface area contributed by atoms with Crippen molar-refractivity contribution in [2.24, 2.45) is 0 Å². The summed E-state index contributed by atoms with van der Waals surface area (Å²) in [7, 11) is 0. The number of amides is 1. The second-order valence-electron chi connectivity index (χ2n) is 4.01. The van der Waals surface area contributed by atoms with Gasteiger partial charge in [-0.1, -0.05) is 16.1 Å². The lowest BCUT2D eigenvalue weighted by atomic mass is 10.1. The quantitative estimate of drug-likeness (QED) is 0.781. The number of rotatable bonds is 4. The zero-order valence-corrected chi connectivity index (χ0v) is 10.6. The third-order valence-corrected chi connectivity index (χ3v) is 3.57. The maximum atomic E-state index is 11.8. The molecule has 0 saturated carbocycles. The molecule has 1 amide bonds. The van der Waals surface area contributed by atoms with Crippen LogP contribution in [0.5, 0.6) is 0 Å². The van der Waals surface area contributed by atoms with Crippen LogP contribution >= 0.6 is 11.5 Å². The molecule has 0 aliphatic carbocycles. The summed E-state index contributed by atoms with van der Waals surface area (Å²) in [5, 5.41) is 9.99. The Morgan fingerprint density at radius 2 is 2.53 bits per heavy atom. The molecule has 0 unspecified atom stereocenters. The maximum Gasteiger partial charge on any atom is 0.264 e. The zero-order valence-electron chi connectivity index (χ0n) is 9.82. The van der Waals surface area contributed by atoms with Crippen LogP contribution in [0.25, 0.3) is 0 Å². The molecule has 5 nitrogen and oxygen atoms in total. The molecule has 2 rings (SSSR count). The SMILES string of the molecule is Cc1nnsc1C(=O)NCCC1=CCNCC1. The molecular weight excluding hydrogens is 236 g/mol. The van der Waals surface area contributed by atoms with E-state index in [1.807, 2.05) is 0 Å². The highest BCUT2D eigenvalue weighted by atomic mass is 32.1. The Morgan fingerprint density at radius 1 is 1.65 bits per heavy atom. The molecule has 6 heteroatoms. The Kier molecular flexibility index (Phi) is 4.22. The van der Waals surface area contributed by atoms with Crippen molar-refractivity contribution in [3.05, 3.63) is 22.2 Å². The summed E-state index contributed by atoms with van der Waals surface area (Å²) in [4.78, 5) is 12.4. The van der Waals surface area contributed by atoms with Crippen LogP contribution < -0.4 is 10.6 Å². The molecule has 0 aromatic carbocycles. The summed E-state index contributed by atoms with van der Waals surface area (Å²) in [5.41, 5.74) is 2.12. The number of carbonyl (C=O) groups is 1. The number of hydrogen-bond donors (Lipinski definition) is 2. The minimum atomic E-state index is -0.0629. The average molecular weight is 252 g/mol. The second kappa shape index (κ2) is 5.88. The summed E-state index contributed by atoms with van der Waals surface area (Å²) in [6.45, 7) is 4.47. The van der Waals surface area contributed by atoms with Crippen LogP contribution in [0.15, 0.2) is 11.6 Å². The van der Waals surface area contributed by atoms with Crippen LogP contribution in [0.3, 0.4) is 0 Å². The fourth-order valence-electron chi connectivity index (χ4n) is 1.75. The van der Waals surface area contributed by atoms with Crippen molar-refractivity contribution in [3.8, 4) is 0 Å². The predicted octanol–water partition coefficient (Wildman–Crippen LogP) is 0.886. The van der Waals surface area contributed by atoms with Gasteiger partial charge < -0.3 is 10.6 Å². The second-order valence-corrected chi connectivity index (χ2v) is 4.76.